The van der Waals surface area contributed by atoms with Crippen LogP contribution in [-0.2, 0) is 0 Å². The topological polar surface area (TPSA) is 68.0 Å². The summed E-state index contributed by atoms with van der Waals surface area (Å²) in [6, 6.07) is 12.9. The van der Waals surface area contributed by atoms with Crippen LogP contribution >= 0.6 is 27.3 Å². The number of hydrogen-bond donors (Lipinski definition) is 1. The molecule has 3 aromatic rings. The Hall–Kier alpha value is -1.99. The smallest absolute Gasteiger partial charge is 0.293 e. The van der Waals surface area contributed by atoms with Crippen LogP contribution in [0.25, 0.3) is 10.6 Å². The number of furan rings is 1. The van der Waals surface area contributed by atoms with Gasteiger partial charge in [-0.05, 0) is 28.1 Å². The Morgan fingerprint density at radius 1 is 1.15 bits per heavy atom. The monoisotopic (exact) mass is 349 g/mol. The van der Waals surface area contributed by atoms with E-state index in [0.29, 0.717) is 9.80 Å². The van der Waals surface area contributed by atoms with E-state index in [1.165, 1.54) is 11.3 Å². The van der Waals surface area contributed by atoms with Crippen LogP contribution in [0.1, 0.15) is 10.6 Å². The van der Waals surface area contributed by atoms with Gasteiger partial charge >= 0.3 is 0 Å². The van der Waals surface area contributed by atoms with Gasteiger partial charge in [0.05, 0.1) is 0 Å². The number of nitrogens with zero attached hydrogens (tertiary/aromatic N) is 2. The molecule has 100 valence electrons. The Bertz CT molecular complexity index is 739. The van der Waals surface area contributed by atoms with Crippen molar-refractivity contribution in [2.24, 2.45) is 0 Å². The van der Waals surface area contributed by atoms with Crippen molar-refractivity contribution in [3.8, 4) is 10.6 Å². The number of benzene rings is 1. The minimum absolute atomic E-state index is 0.216. The van der Waals surface area contributed by atoms with Gasteiger partial charge in [0, 0.05) is 5.56 Å². The van der Waals surface area contributed by atoms with Crippen molar-refractivity contribution in [2.45, 2.75) is 0 Å². The van der Waals surface area contributed by atoms with Crippen molar-refractivity contribution in [2.75, 3.05) is 5.32 Å². The summed E-state index contributed by atoms with van der Waals surface area (Å²) >= 11 is 4.46. The number of halogens is 1. The second-order valence-electron chi connectivity index (χ2n) is 3.84. The van der Waals surface area contributed by atoms with Gasteiger partial charge in [-0.25, -0.2) is 0 Å². The van der Waals surface area contributed by atoms with Crippen molar-refractivity contribution >= 4 is 38.3 Å². The summed E-state index contributed by atoms with van der Waals surface area (Å²) in [5.74, 6) is -0.139. The van der Waals surface area contributed by atoms with Gasteiger partial charge in [0.25, 0.3) is 5.91 Å². The number of aromatic nitrogens is 2. The van der Waals surface area contributed by atoms with E-state index in [-0.39, 0.29) is 11.7 Å². The van der Waals surface area contributed by atoms with Gasteiger partial charge in [-0.2, -0.15) is 0 Å². The predicted octanol–water partition coefficient (Wildman–Crippen LogP) is 3.81. The molecular weight excluding hydrogens is 342 g/mol. The van der Waals surface area contributed by atoms with E-state index in [9.17, 15) is 4.79 Å². The Labute approximate surface area is 126 Å². The highest BCUT2D eigenvalue weighted by Gasteiger charge is 2.14. The molecule has 2 aromatic heterocycles. The minimum atomic E-state index is -0.355. The molecule has 0 saturated carbocycles. The maximum Gasteiger partial charge on any atom is 0.293 e. The zero-order valence-electron chi connectivity index (χ0n) is 10.0. The molecule has 5 nitrogen and oxygen atoms in total. The number of rotatable bonds is 3. The molecule has 0 fully saturated rings. The van der Waals surface area contributed by atoms with Crippen molar-refractivity contribution in [1.29, 1.82) is 0 Å². The van der Waals surface area contributed by atoms with Crippen LogP contribution in [0.3, 0.4) is 0 Å². The van der Waals surface area contributed by atoms with E-state index in [0.717, 1.165) is 10.6 Å². The Morgan fingerprint density at radius 2 is 1.95 bits per heavy atom. The highest BCUT2D eigenvalue weighted by atomic mass is 79.9. The van der Waals surface area contributed by atoms with E-state index in [1.807, 2.05) is 30.3 Å². The molecule has 20 heavy (non-hydrogen) atoms. The summed E-state index contributed by atoms with van der Waals surface area (Å²) in [5, 5.41) is 11.8. The Kier molecular flexibility index (Phi) is 3.62. The lowest BCUT2D eigenvalue weighted by Crippen LogP contribution is -2.10. The second kappa shape index (κ2) is 5.56. The number of nitrogens with one attached hydrogen (secondary N) is 1. The Balaban J connectivity index is 1.76. The van der Waals surface area contributed by atoms with Crippen LogP contribution in [-0.4, -0.2) is 16.1 Å². The lowest BCUT2D eigenvalue weighted by atomic mass is 10.2. The standard InChI is InChI=1S/C13H8BrN3O2S/c14-10-7-6-9(19-10)11(18)15-13-17-16-12(20-13)8-4-2-1-3-5-8/h1-7H,(H,15,17,18). The third-order valence-corrected chi connectivity index (χ3v) is 3.78. The van der Waals surface area contributed by atoms with Crippen LogP contribution in [0.5, 0.6) is 0 Å². The van der Waals surface area contributed by atoms with Crippen LogP contribution < -0.4 is 5.32 Å². The first-order valence-electron chi connectivity index (χ1n) is 5.68. The summed E-state index contributed by atoms with van der Waals surface area (Å²) in [4.78, 5) is 11.9. The summed E-state index contributed by atoms with van der Waals surface area (Å²) in [6.07, 6.45) is 0. The minimum Gasteiger partial charge on any atom is -0.444 e. The second-order valence-corrected chi connectivity index (χ2v) is 5.60. The van der Waals surface area contributed by atoms with E-state index in [2.05, 4.69) is 31.4 Å². The number of hydrogen-bond acceptors (Lipinski definition) is 5. The molecule has 1 N–H and O–H groups in total. The summed E-state index contributed by atoms with van der Waals surface area (Å²) in [6.45, 7) is 0. The average Bonchev–Trinajstić information content (AvgIpc) is 3.09. The van der Waals surface area contributed by atoms with Crippen molar-refractivity contribution in [3.63, 3.8) is 0 Å². The molecule has 3 rings (SSSR count). The molecule has 1 aromatic carbocycles. The van der Waals surface area contributed by atoms with Gasteiger partial charge in [-0.1, -0.05) is 41.7 Å². The lowest BCUT2D eigenvalue weighted by molar-refractivity contribution is 0.0995. The van der Waals surface area contributed by atoms with Crippen molar-refractivity contribution < 1.29 is 9.21 Å². The molecule has 0 aliphatic rings. The Morgan fingerprint density at radius 3 is 2.65 bits per heavy atom. The fourth-order valence-electron chi connectivity index (χ4n) is 1.57. The van der Waals surface area contributed by atoms with Gasteiger partial charge in [0.2, 0.25) is 5.13 Å². The molecule has 0 aliphatic carbocycles. The van der Waals surface area contributed by atoms with Crippen molar-refractivity contribution in [3.05, 3.63) is 52.9 Å². The van der Waals surface area contributed by atoms with E-state index >= 15 is 0 Å². The van der Waals surface area contributed by atoms with Gasteiger partial charge < -0.3 is 4.42 Å². The highest BCUT2D eigenvalue weighted by molar-refractivity contribution is 9.10. The molecular formula is C13H8BrN3O2S. The molecule has 7 heteroatoms. The van der Waals surface area contributed by atoms with Crippen LogP contribution in [0.2, 0.25) is 0 Å². The molecule has 0 bridgehead atoms. The number of carbonyl (C=O) groups excluding carboxylic acids is 1. The van der Waals surface area contributed by atoms with E-state index in [4.69, 9.17) is 4.42 Å². The van der Waals surface area contributed by atoms with Crippen LogP contribution in [0.15, 0.2) is 51.6 Å². The molecule has 2 heterocycles. The van der Waals surface area contributed by atoms with Gasteiger partial charge in [-0.3, -0.25) is 10.1 Å². The predicted molar refractivity (Wildman–Crippen MR) is 79.7 cm³/mol. The van der Waals surface area contributed by atoms with Gasteiger partial charge in [0.1, 0.15) is 5.01 Å². The van der Waals surface area contributed by atoms with E-state index in [1.54, 1.807) is 12.1 Å². The SMILES string of the molecule is O=C(Nc1nnc(-c2ccccc2)s1)c1ccc(Br)o1. The van der Waals surface area contributed by atoms with Gasteiger partial charge in [0.15, 0.2) is 10.4 Å². The molecule has 0 atom stereocenters. The van der Waals surface area contributed by atoms with Crippen LogP contribution in [0.4, 0.5) is 5.13 Å². The number of carbonyl (C=O) groups is 1. The molecule has 0 aliphatic heterocycles. The first kappa shape index (κ1) is 13.0. The van der Waals surface area contributed by atoms with Gasteiger partial charge in [-0.15, -0.1) is 10.2 Å². The highest BCUT2D eigenvalue weighted by Crippen LogP contribution is 2.26. The largest absolute Gasteiger partial charge is 0.444 e. The summed E-state index contributed by atoms with van der Waals surface area (Å²) in [7, 11) is 0. The average molecular weight is 350 g/mol. The third-order valence-electron chi connectivity index (χ3n) is 2.46. The van der Waals surface area contributed by atoms with Crippen molar-refractivity contribution in [1.82, 2.24) is 10.2 Å². The molecule has 0 unspecified atom stereocenters. The number of amides is 1. The molecule has 0 saturated heterocycles. The fourth-order valence-corrected chi connectivity index (χ4v) is 2.62. The maximum atomic E-state index is 11.9. The molecule has 0 radical (unpaired) electrons. The zero-order valence-corrected chi connectivity index (χ0v) is 12.4. The third kappa shape index (κ3) is 2.78. The quantitative estimate of drug-likeness (QED) is 0.780. The lowest BCUT2D eigenvalue weighted by Gasteiger charge is -1.96. The fraction of sp³-hybridized carbons (Fsp3) is 0. The zero-order chi connectivity index (χ0) is 13.9. The molecule has 1 amide bonds. The maximum absolute atomic E-state index is 11.9. The summed E-state index contributed by atoms with van der Waals surface area (Å²) < 4.78 is 5.67. The first-order chi connectivity index (χ1) is 9.72. The first-order valence-corrected chi connectivity index (χ1v) is 7.29. The normalized spacial score (nSPS) is 10.4. The van der Waals surface area contributed by atoms with Crippen LogP contribution in [0, 0.1) is 0 Å². The molecule has 0 spiro atoms. The van der Waals surface area contributed by atoms with E-state index < -0.39 is 0 Å². The summed E-state index contributed by atoms with van der Waals surface area (Å²) in [5.41, 5.74) is 0.964. The number of anilines is 1.